The summed E-state index contributed by atoms with van der Waals surface area (Å²) >= 11 is 0. The van der Waals surface area contributed by atoms with Crippen LogP contribution in [-0.2, 0) is 15.3 Å². The Hall–Kier alpha value is -0.900. The van der Waals surface area contributed by atoms with Gasteiger partial charge in [0, 0.05) is 26.2 Å². The summed E-state index contributed by atoms with van der Waals surface area (Å²) in [6.45, 7) is 9.16. The van der Waals surface area contributed by atoms with E-state index in [1.54, 1.807) is 14.2 Å². The first-order valence-corrected chi connectivity index (χ1v) is 6.81. The molecule has 1 rings (SSSR count). The SMILES string of the molecule is COC(CCCN)(OC)c1c(C)c(C)cc(C)c1C. The van der Waals surface area contributed by atoms with Gasteiger partial charge in [-0.2, -0.15) is 0 Å². The Morgan fingerprint density at radius 1 is 1.00 bits per heavy atom. The molecule has 0 unspecified atom stereocenters. The highest BCUT2D eigenvalue weighted by atomic mass is 16.7. The van der Waals surface area contributed by atoms with Gasteiger partial charge in [0.05, 0.1) is 0 Å². The van der Waals surface area contributed by atoms with Crippen LogP contribution in [0, 0.1) is 27.7 Å². The maximum atomic E-state index is 5.77. The summed E-state index contributed by atoms with van der Waals surface area (Å²) in [5.74, 6) is -0.690. The molecule has 2 N–H and O–H groups in total. The minimum Gasteiger partial charge on any atom is -0.349 e. The number of rotatable bonds is 6. The molecular formula is C16H27NO2. The monoisotopic (exact) mass is 265 g/mol. The molecule has 0 aliphatic heterocycles. The van der Waals surface area contributed by atoms with Crippen molar-refractivity contribution < 1.29 is 9.47 Å². The zero-order chi connectivity index (χ0) is 14.6. The second kappa shape index (κ2) is 6.51. The molecule has 0 heterocycles. The van der Waals surface area contributed by atoms with Gasteiger partial charge in [-0.1, -0.05) is 6.07 Å². The Morgan fingerprint density at radius 2 is 1.47 bits per heavy atom. The van der Waals surface area contributed by atoms with E-state index in [9.17, 15) is 0 Å². The molecule has 108 valence electrons. The van der Waals surface area contributed by atoms with Crippen molar-refractivity contribution in [1.29, 1.82) is 0 Å². The van der Waals surface area contributed by atoms with Crippen molar-refractivity contribution in [2.45, 2.75) is 46.3 Å². The van der Waals surface area contributed by atoms with Gasteiger partial charge in [0.2, 0.25) is 0 Å². The molecule has 0 bridgehead atoms. The lowest BCUT2D eigenvalue weighted by molar-refractivity contribution is -0.221. The Labute approximate surface area is 117 Å². The summed E-state index contributed by atoms with van der Waals surface area (Å²) in [5, 5.41) is 0. The van der Waals surface area contributed by atoms with Crippen LogP contribution in [0.15, 0.2) is 6.07 Å². The van der Waals surface area contributed by atoms with E-state index >= 15 is 0 Å². The lowest BCUT2D eigenvalue weighted by Crippen LogP contribution is -2.34. The lowest BCUT2D eigenvalue weighted by Gasteiger charge is -2.35. The van der Waals surface area contributed by atoms with E-state index in [1.165, 1.54) is 22.3 Å². The molecule has 0 amide bonds. The van der Waals surface area contributed by atoms with Gasteiger partial charge < -0.3 is 15.2 Å². The minimum atomic E-state index is -0.690. The molecular weight excluding hydrogens is 238 g/mol. The molecule has 3 nitrogen and oxygen atoms in total. The molecule has 19 heavy (non-hydrogen) atoms. The maximum absolute atomic E-state index is 5.77. The summed E-state index contributed by atoms with van der Waals surface area (Å²) in [4.78, 5) is 0. The van der Waals surface area contributed by atoms with Crippen LogP contribution in [0.1, 0.15) is 40.7 Å². The van der Waals surface area contributed by atoms with Crippen LogP contribution in [0.4, 0.5) is 0 Å². The number of methoxy groups -OCH3 is 2. The van der Waals surface area contributed by atoms with E-state index in [0.29, 0.717) is 6.54 Å². The van der Waals surface area contributed by atoms with Crippen LogP contribution >= 0.6 is 0 Å². The van der Waals surface area contributed by atoms with Crippen LogP contribution in [0.3, 0.4) is 0 Å². The van der Waals surface area contributed by atoms with Gasteiger partial charge in [-0.15, -0.1) is 0 Å². The van der Waals surface area contributed by atoms with E-state index in [2.05, 4.69) is 33.8 Å². The van der Waals surface area contributed by atoms with Crippen molar-refractivity contribution in [2.75, 3.05) is 20.8 Å². The van der Waals surface area contributed by atoms with Gasteiger partial charge in [0.15, 0.2) is 5.79 Å². The van der Waals surface area contributed by atoms with E-state index in [1.807, 2.05) is 0 Å². The van der Waals surface area contributed by atoms with Crippen molar-refractivity contribution in [3.8, 4) is 0 Å². The molecule has 1 aromatic rings. The van der Waals surface area contributed by atoms with Crippen molar-refractivity contribution in [3.05, 3.63) is 33.9 Å². The molecule has 0 spiro atoms. The first-order valence-electron chi connectivity index (χ1n) is 6.81. The second-order valence-electron chi connectivity index (χ2n) is 5.19. The van der Waals surface area contributed by atoms with Crippen molar-refractivity contribution in [3.63, 3.8) is 0 Å². The average molecular weight is 265 g/mol. The fourth-order valence-corrected chi connectivity index (χ4v) is 2.74. The summed E-state index contributed by atoms with van der Waals surface area (Å²) in [5.41, 5.74) is 11.8. The second-order valence-corrected chi connectivity index (χ2v) is 5.19. The number of hydrogen-bond donors (Lipinski definition) is 1. The smallest absolute Gasteiger partial charge is 0.194 e. The first kappa shape index (κ1) is 16.2. The number of aryl methyl sites for hydroxylation is 2. The summed E-state index contributed by atoms with van der Waals surface area (Å²) in [6.07, 6.45) is 1.63. The summed E-state index contributed by atoms with van der Waals surface area (Å²) in [6, 6.07) is 2.22. The van der Waals surface area contributed by atoms with Gasteiger partial charge in [0.1, 0.15) is 0 Å². The number of ether oxygens (including phenoxy) is 2. The minimum absolute atomic E-state index is 0.636. The van der Waals surface area contributed by atoms with Crippen molar-refractivity contribution in [1.82, 2.24) is 0 Å². The number of benzene rings is 1. The summed E-state index contributed by atoms with van der Waals surface area (Å²) < 4.78 is 11.5. The molecule has 0 fully saturated rings. The van der Waals surface area contributed by atoms with Gasteiger partial charge in [-0.05, 0) is 62.9 Å². The molecule has 0 atom stereocenters. The average Bonchev–Trinajstić information content (AvgIpc) is 2.40. The predicted octanol–water partition coefficient (Wildman–Crippen LogP) is 3.10. The third kappa shape index (κ3) is 2.99. The third-order valence-electron chi connectivity index (χ3n) is 4.12. The van der Waals surface area contributed by atoms with E-state index in [-0.39, 0.29) is 0 Å². The van der Waals surface area contributed by atoms with E-state index < -0.39 is 5.79 Å². The highest BCUT2D eigenvalue weighted by molar-refractivity contribution is 5.46. The van der Waals surface area contributed by atoms with Crippen molar-refractivity contribution in [2.24, 2.45) is 5.73 Å². The zero-order valence-corrected chi connectivity index (χ0v) is 13.1. The predicted molar refractivity (Wildman–Crippen MR) is 79.4 cm³/mol. The maximum Gasteiger partial charge on any atom is 0.194 e. The van der Waals surface area contributed by atoms with Gasteiger partial charge >= 0.3 is 0 Å². The fourth-order valence-electron chi connectivity index (χ4n) is 2.74. The quantitative estimate of drug-likeness (QED) is 0.804. The van der Waals surface area contributed by atoms with Crippen LogP contribution in [-0.4, -0.2) is 20.8 Å². The van der Waals surface area contributed by atoms with E-state index in [0.717, 1.165) is 18.4 Å². The van der Waals surface area contributed by atoms with Gasteiger partial charge in [-0.3, -0.25) is 0 Å². The lowest BCUT2D eigenvalue weighted by atomic mass is 9.87. The molecule has 0 aliphatic carbocycles. The first-order chi connectivity index (χ1) is 8.93. The van der Waals surface area contributed by atoms with Crippen LogP contribution in [0.25, 0.3) is 0 Å². The molecule has 1 aromatic carbocycles. The van der Waals surface area contributed by atoms with Gasteiger partial charge in [0.25, 0.3) is 0 Å². The third-order valence-corrected chi connectivity index (χ3v) is 4.12. The topological polar surface area (TPSA) is 44.5 Å². The molecule has 0 aromatic heterocycles. The van der Waals surface area contributed by atoms with Crippen LogP contribution in [0.5, 0.6) is 0 Å². The van der Waals surface area contributed by atoms with Crippen molar-refractivity contribution >= 4 is 0 Å². The highest BCUT2D eigenvalue weighted by Crippen LogP contribution is 2.37. The zero-order valence-electron chi connectivity index (χ0n) is 13.1. The normalized spacial score (nSPS) is 11.9. The standard InChI is InChI=1S/C16H27NO2/c1-11-10-12(2)14(4)15(13(11)3)16(18-5,19-6)8-7-9-17/h10H,7-9,17H2,1-6H3. The largest absolute Gasteiger partial charge is 0.349 e. The Bertz CT molecular complexity index is 411. The van der Waals surface area contributed by atoms with E-state index in [4.69, 9.17) is 15.2 Å². The Balaban J connectivity index is 3.45. The molecule has 3 heteroatoms. The highest BCUT2D eigenvalue weighted by Gasteiger charge is 2.35. The fraction of sp³-hybridized carbons (Fsp3) is 0.625. The molecule has 0 saturated heterocycles. The number of hydrogen-bond acceptors (Lipinski definition) is 3. The Kier molecular flexibility index (Phi) is 5.53. The van der Waals surface area contributed by atoms with Crippen LogP contribution < -0.4 is 5.73 Å². The molecule has 0 aliphatic rings. The molecule has 0 saturated carbocycles. The van der Waals surface area contributed by atoms with Crippen LogP contribution in [0.2, 0.25) is 0 Å². The van der Waals surface area contributed by atoms with Gasteiger partial charge in [-0.25, -0.2) is 0 Å². The molecule has 0 radical (unpaired) electrons. The summed E-state index contributed by atoms with van der Waals surface area (Å²) in [7, 11) is 3.41. The number of nitrogens with two attached hydrogens (primary N) is 1. The Morgan fingerprint density at radius 3 is 1.84 bits per heavy atom.